The van der Waals surface area contributed by atoms with E-state index in [9.17, 15) is 4.39 Å². The number of halogens is 1. The van der Waals surface area contributed by atoms with Crippen LogP contribution in [0.25, 0.3) is 5.69 Å². The van der Waals surface area contributed by atoms with Crippen LogP contribution >= 0.6 is 0 Å². The Morgan fingerprint density at radius 3 is 2.64 bits per heavy atom. The lowest BCUT2D eigenvalue weighted by molar-refractivity contribution is 0.107. The smallest absolute Gasteiger partial charge is 0.123 e. The summed E-state index contributed by atoms with van der Waals surface area (Å²) in [4.78, 5) is 0. The number of nitrogens with zero attached hydrogens (tertiary/aromatic N) is 5. The van der Waals surface area contributed by atoms with Crippen LogP contribution in [-0.4, -0.2) is 24.8 Å². The molecule has 1 fully saturated rings. The maximum Gasteiger partial charge on any atom is 0.123 e. The number of hydrogen-bond donors (Lipinski definition) is 0. The third-order valence-corrected chi connectivity index (χ3v) is 5.91. The molecule has 2 aromatic carbocycles. The van der Waals surface area contributed by atoms with Crippen molar-refractivity contribution in [2.24, 2.45) is 5.92 Å². The summed E-state index contributed by atoms with van der Waals surface area (Å²) in [6, 6.07) is 15.0. The molecule has 0 amide bonds. The SMILES string of the molecule is Cc1ccc(COCc2cc(F)ccc2-n2nc(C)cc2Cc2cn(CC3CC3)nn2)cc1. The Labute approximate surface area is 193 Å². The average molecular weight is 446 g/mol. The second-order valence-corrected chi connectivity index (χ2v) is 8.99. The van der Waals surface area contributed by atoms with E-state index >= 15 is 0 Å². The predicted molar refractivity (Wildman–Crippen MR) is 123 cm³/mol. The van der Waals surface area contributed by atoms with Crippen molar-refractivity contribution in [3.05, 3.63) is 94.3 Å². The highest BCUT2D eigenvalue weighted by Crippen LogP contribution is 2.30. The van der Waals surface area contributed by atoms with E-state index in [2.05, 4.69) is 29.4 Å². The van der Waals surface area contributed by atoms with Gasteiger partial charge in [0.1, 0.15) is 5.82 Å². The van der Waals surface area contributed by atoms with E-state index in [-0.39, 0.29) is 12.4 Å². The highest BCUT2D eigenvalue weighted by molar-refractivity contribution is 5.42. The highest BCUT2D eigenvalue weighted by atomic mass is 19.1. The first kappa shape index (κ1) is 21.5. The van der Waals surface area contributed by atoms with Gasteiger partial charge in [0.25, 0.3) is 0 Å². The molecule has 7 heteroatoms. The van der Waals surface area contributed by atoms with Gasteiger partial charge >= 0.3 is 0 Å². The van der Waals surface area contributed by atoms with Gasteiger partial charge < -0.3 is 4.74 Å². The predicted octanol–water partition coefficient (Wildman–Crippen LogP) is 4.94. The van der Waals surface area contributed by atoms with Crippen molar-refractivity contribution in [2.75, 3.05) is 0 Å². The largest absolute Gasteiger partial charge is 0.372 e. The summed E-state index contributed by atoms with van der Waals surface area (Å²) >= 11 is 0. The fraction of sp³-hybridized carbons (Fsp3) is 0.346. The molecule has 2 aromatic heterocycles. The van der Waals surface area contributed by atoms with Gasteiger partial charge in [0.05, 0.1) is 36.0 Å². The maximum absolute atomic E-state index is 14.1. The standard InChI is InChI=1S/C26H28FN5O/c1-18-3-5-21(6-4-18)16-33-17-22-12-23(27)9-10-26(22)32-25(11-19(2)29-32)13-24-15-31(30-28-24)14-20-7-8-20/h3-6,9-12,15,20H,7-8,13-14,16-17H2,1-2H3. The van der Waals surface area contributed by atoms with Crippen LogP contribution in [0.3, 0.4) is 0 Å². The van der Waals surface area contributed by atoms with Crippen LogP contribution < -0.4 is 0 Å². The molecule has 0 unspecified atom stereocenters. The van der Waals surface area contributed by atoms with Gasteiger partial charge in [0.2, 0.25) is 0 Å². The van der Waals surface area contributed by atoms with Crippen LogP contribution in [0.5, 0.6) is 0 Å². The molecular formula is C26H28FN5O. The number of rotatable bonds is 9. The van der Waals surface area contributed by atoms with E-state index < -0.39 is 0 Å². The van der Waals surface area contributed by atoms with E-state index in [0.29, 0.717) is 13.0 Å². The summed E-state index contributed by atoms with van der Waals surface area (Å²) in [5.41, 5.74) is 6.64. The zero-order valence-electron chi connectivity index (χ0n) is 19.0. The number of ether oxygens (including phenoxy) is 1. The minimum Gasteiger partial charge on any atom is -0.372 e. The molecule has 2 heterocycles. The quantitative estimate of drug-likeness (QED) is 0.366. The van der Waals surface area contributed by atoms with E-state index in [1.54, 1.807) is 6.07 Å². The van der Waals surface area contributed by atoms with Gasteiger partial charge in [-0.05, 0) is 62.4 Å². The van der Waals surface area contributed by atoms with E-state index in [4.69, 9.17) is 9.84 Å². The first-order chi connectivity index (χ1) is 16.0. The lowest BCUT2D eigenvalue weighted by Gasteiger charge is -2.13. The maximum atomic E-state index is 14.1. The van der Waals surface area contributed by atoms with Crippen molar-refractivity contribution in [3.8, 4) is 5.69 Å². The minimum atomic E-state index is -0.291. The molecule has 0 bridgehead atoms. The summed E-state index contributed by atoms with van der Waals surface area (Å²) in [7, 11) is 0. The summed E-state index contributed by atoms with van der Waals surface area (Å²) < 4.78 is 23.9. The van der Waals surface area contributed by atoms with E-state index in [1.807, 2.05) is 40.7 Å². The van der Waals surface area contributed by atoms with Gasteiger partial charge in [-0.3, -0.25) is 4.68 Å². The summed E-state index contributed by atoms with van der Waals surface area (Å²) in [6.07, 6.45) is 5.18. The molecule has 6 nitrogen and oxygen atoms in total. The van der Waals surface area contributed by atoms with Crippen molar-refractivity contribution in [2.45, 2.75) is 52.9 Å². The van der Waals surface area contributed by atoms with E-state index in [1.165, 1.54) is 30.5 Å². The van der Waals surface area contributed by atoms with Gasteiger partial charge in [-0.15, -0.1) is 5.10 Å². The Balaban J connectivity index is 1.35. The molecule has 0 N–H and O–H groups in total. The molecule has 1 aliphatic rings. The van der Waals surface area contributed by atoms with Crippen LogP contribution in [-0.2, 0) is 30.9 Å². The molecule has 0 atom stereocenters. The third-order valence-electron chi connectivity index (χ3n) is 5.91. The molecule has 170 valence electrons. The first-order valence-corrected chi connectivity index (χ1v) is 11.4. The Morgan fingerprint density at radius 1 is 1.03 bits per heavy atom. The second kappa shape index (κ2) is 9.27. The number of hydrogen-bond acceptors (Lipinski definition) is 4. The van der Waals surface area contributed by atoms with Crippen molar-refractivity contribution < 1.29 is 9.13 Å². The van der Waals surface area contributed by atoms with Crippen molar-refractivity contribution in [1.82, 2.24) is 24.8 Å². The number of aromatic nitrogens is 5. The lowest BCUT2D eigenvalue weighted by atomic mass is 10.1. The third kappa shape index (κ3) is 5.37. The van der Waals surface area contributed by atoms with Crippen LogP contribution in [0, 0.1) is 25.6 Å². The molecule has 1 aliphatic carbocycles. The summed E-state index contributed by atoms with van der Waals surface area (Å²) in [5, 5.41) is 13.3. The molecular weight excluding hydrogens is 417 g/mol. The Morgan fingerprint density at radius 2 is 1.85 bits per heavy atom. The second-order valence-electron chi connectivity index (χ2n) is 8.99. The molecule has 0 spiro atoms. The van der Waals surface area contributed by atoms with E-state index in [0.717, 1.165) is 46.4 Å². The molecule has 0 radical (unpaired) electrons. The lowest BCUT2D eigenvalue weighted by Crippen LogP contribution is -2.08. The Bertz CT molecular complexity index is 1240. The fourth-order valence-corrected chi connectivity index (χ4v) is 3.99. The van der Waals surface area contributed by atoms with Crippen LogP contribution in [0.15, 0.2) is 54.7 Å². The molecule has 0 aliphatic heterocycles. The molecule has 4 aromatic rings. The van der Waals surface area contributed by atoms with Gasteiger partial charge in [-0.1, -0.05) is 35.0 Å². The van der Waals surface area contributed by atoms with Crippen LogP contribution in [0.2, 0.25) is 0 Å². The van der Waals surface area contributed by atoms with Crippen LogP contribution in [0.4, 0.5) is 4.39 Å². The normalized spacial score (nSPS) is 13.5. The molecule has 5 rings (SSSR count). The monoisotopic (exact) mass is 445 g/mol. The first-order valence-electron chi connectivity index (χ1n) is 11.4. The van der Waals surface area contributed by atoms with Gasteiger partial charge in [-0.25, -0.2) is 9.07 Å². The topological polar surface area (TPSA) is 57.8 Å². The van der Waals surface area contributed by atoms with Gasteiger partial charge in [0, 0.05) is 24.7 Å². The highest BCUT2D eigenvalue weighted by Gasteiger charge is 2.22. The van der Waals surface area contributed by atoms with Gasteiger partial charge in [0.15, 0.2) is 0 Å². The molecule has 33 heavy (non-hydrogen) atoms. The molecule has 0 saturated heterocycles. The summed E-state index contributed by atoms with van der Waals surface area (Å²) in [6.45, 7) is 5.70. The van der Waals surface area contributed by atoms with Crippen molar-refractivity contribution in [1.29, 1.82) is 0 Å². The zero-order valence-corrected chi connectivity index (χ0v) is 19.0. The van der Waals surface area contributed by atoms with Crippen molar-refractivity contribution >= 4 is 0 Å². The molecule has 1 saturated carbocycles. The number of aryl methyl sites for hydroxylation is 2. The average Bonchev–Trinajstić information content (AvgIpc) is 3.38. The Kier molecular flexibility index (Phi) is 6.05. The zero-order chi connectivity index (χ0) is 22.8. The van der Waals surface area contributed by atoms with Crippen LogP contribution in [0.1, 0.15) is 46.6 Å². The van der Waals surface area contributed by atoms with Crippen molar-refractivity contribution in [3.63, 3.8) is 0 Å². The minimum absolute atomic E-state index is 0.289. The van der Waals surface area contributed by atoms with Gasteiger partial charge in [-0.2, -0.15) is 5.10 Å². The summed E-state index contributed by atoms with van der Waals surface area (Å²) in [5.74, 6) is 0.454. The Hall–Kier alpha value is -3.32. The number of benzene rings is 2. The fourth-order valence-electron chi connectivity index (χ4n) is 3.99.